The van der Waals surface area contributed by atoms with Crippen molar-refractivity contribution in [3.05, 3.63) is 12.4 Å². The molecule has 4 heteroatoms. The highest BCUT2D eigenvalue weighted by Crippen LogP contribution is 2.11. The van der Waals surface area contributed by atoms with Gasteiger partial charge in [0, 0.05) is 25.5 Å². The third-order valence-electron chi connectivity index (χ3n) is 2.73. The van der Waals surface area contributed by atoms with Gasteiger partial charge in [-0.25, -0.2) is 4.98 Å². The lowest BCUT2D eigenvalue weighted by molar-refractivity contribution is 0.627. The van der Waals surface area contributed by atoms with Gasteiger partial charge in [0.2, 0.25) is 5.95 Å². The van der Waals surface area contributed by atoms with Gasteiger partial charge in [-0.15, -0.1) is 0 Å². The molecule has 1 aliphatic rings. The summed E-state index contributed by atoms with van der Waals surface area (Å²) in [5.41, 5.74) is 0. The Hall–Kier alpha value is -1.03. The molecule has 1 aromatic rings. The van der Waals surface area contributed by atoms with Crippen molar-refractivity contribution in [2.75, 3.05) is 18.4 Å². The number of hydrogen-bond donors (Lipinski definition) is 2. The number of rotatable bonds is 2. The molecule has 4 nitrogen and oxygen atoms in total. The normalized spacial score (nSPS) is 23.1. The van der Waals surface area contributed by atoms with Crippen molar-refractivity contribution in [3.63, 3.8) is 0 Å². The summed E-state index contributed by atoms with van der Waals surface area (Å²) in [4.78, 5) is 4.27. The number of imidazole rings is 1. The van der Waals surface area contributed by atoms with Crippen molar-refractivity contribution in [1.29, 1.82) is 0 Å². The summed E-state index contributed by atoms with van der Waals surface area (Å²) < 4.78 is 2.03. The number of nitrogens with zero attached hydrogens (tertiary/aromatic N) is 2. The SMILES string of the molecule is Cn1ccnc1NC1CCCNCC1. The van der Waals surface area contributed by atoms with Gasteiger partial charge in [0.05, 0.1) is 0 Å². The maximum absolute atomic E-state index is 4.27. The van der Waals surface area contributed by atoms with Crippen LogP contribution in [0.4, 0.5) is 5.95 Å². The van der Waals surface area contributed by atoms with E-state index >= 15 is 0 Å². The Balaban J connectivity index is 1.92. The standard InChI is InChI=1S/C10H18N4/c1-14-8-7-12-10(14)13-9-3-2-5-11-6-4-9/h7-9,11H,2-6H2,1H3,(H,12,13). The number of aryl methyl sites for hydroxylation is 1. The fraction of sp³-hybridized carbons (Fsp3) is 0.700. The Morgan fingerprint density at radius 1 is 1.50 bits per heavy atom. The van der Waals surface area contributed by atoms with Crippen LogP contribution in [0.2, 0.25) is 0 Å². The maximum Gasteiger partial charge on any atom is 0.202 e. The molecule has 0 bridgehead atoms. The van der Waals surface area contributed by atoms with Crippen molar-refractivity contribution in [3.8, 4) is 0 Å². The first-order valence-corrected chi connectivity index (χ1v) is 5.31. The van der Waals surface area contributed by atoms with Gasteiger partial charge in [-0.2, -0.15) is 0 Å². The van der Waals surface area contributed by atoms with Crippen molar-refractivity contribution in [2.45, 2.75) is 25.3 Å². The van der Waals surface area contributed by atoms with Gasteiger partial charge in [0.1, 0.15) is 0 Å². The van der Waals surface area contributed by atoms with E-state index in [1.165, 1.54) is 19.3 Å². The molecule has 2 heterocycles. The summed E-state index contributed by atoms with van der Waals surface area (Å²) in [6.45, 7) is 2.26. The van der Waals surface area contributed by atoms with Gasteiger partial charge in [-0.05, 0) is 32.4 Å². The van der Waals surface area contributed by atoms with E-state index in [1.54, 1.807) is 0 Å². The number of nitrogens with one attached hydrogen (secondary N) is 2. The first-order valence-electron chi connectivity index (χ1n) is 5.31. The van der Waals surface area contributed by atoms with Crippen LogP contribution in [0, 0.1) is 0 Å². The Morgan fingerprint density at radius 3 is 3.21 bits per heavy atom. The average Bonchev–Trinajstić information content (AvgIpc) is 2.44. The zero-order valence-corrected chi connectivity index (χ0v) is 8.66. The topological polar surface area (TPSA) is 41.9 Å². The second-order valence-electron chi connectivity index (χ2n) is 3.88. The van der Waals surface area contributed by atoms with Crippen LogP contribution in [0.25, 0.3) is 0 Å². The summed E-state index contributed by atoms with van der Waals surface area (Å²) in [7, 11) is 2.02. The van der Waals surface area contributed by atoms with Crippen molar-refractivity contribution < 1.29 is 0 Å². The van der Waals surface area contributed by atoms with E-state index < -0.39 is 0 Å². The minimum Gasteiger partial charge on any atom is -0.353 e. The van der Waals surface area contributed by atoms with Gasteiger partial charge < -0.3 is 15.2 Å². The highest BCUT2D eigenvalue weighted by atomic mass is 15.2. The summed E-state index contributed by atoms with van der Waals surface area (Å²) in [5.74, 6) is 0.983. The minimum atomic E-state index is 0.575. The first-order chi connectivity index (χ1) is 6.86. The predicted octanol–water partition coefficient (Wildman–Crippen LogP) is 0.974. The smallest absolute Gasteiger partial charge is 0.202 e. The van der Waals surface area contributed by atoms with Gasteiger partial charge in [-0.1, -0.05) is 0 Å². The second-order valence-corrected chi connectivity index (χ2v) is 3.88. The number of aromatic nitrogens is 2. The lowest BCUT2D eigenvalue weighted by Gasteiger charge is -2.16. The second kappa shape index (κ2) is 4.46. The van der Waals surface area contributed by atoms with Crippen LogP contribution >= 0.6 is 0 Å². The molecular weight excluding hydrogens is 176 g/mol. The molecule has 1 fully saturated rings. The van der Waals surface area contributed by atoms with E-state index in [0.717, 1.165) is 19.0 Å². The number of anilines is 1. The Labute approximate surface area is 84.7 Å². The van der Waals surface area contributed by atoms with Crippen molar-refractivity contribution in [2.24, 2.45) is 7.05 Å². The molecule has 0 amide bonds. The summed E-state index contributed by atoms with van der Waals surface area (Å²) in [6.07, 6.45) is 7.48. The largest absolute Gasteiger partial charge is 0.353 e. The lowest BCUT2D eigenvalue weighted by Crippen LogP contribution is -2.23. The van der Waals surface area contributed by atoms with Crippen LogP contribution in [0.15, 0.2) is 12.4 Å². The fourth-order valence-electron chi connectivity index (χ4n) is 1.85. The van der Waals surface area contributed by atoms with Crippen molar-refractivity contribution in [1.82, 2.24) is 14.9 Å². The van der Waals surface area contributed by atoms with E-state index in [1.807, 2.05) is 24.0 Å². The van der Waals surface area contributed by atoms with E-state index in [-0.39, 0.29) is 0 Å². The number of hydrogen-bond acceptors (Lipinski definition) is 3. The zero-order valence-electron chi connectivity index (χ0n) is 8.66. The Morgan fingerprint density at radius 2 is 2.43 bits per heavy atom. The van der Waals surface area contributed by atoms with Crippen LogP contribution in [0.1, 0.15) is 19.3 Å². The monoisotopic (exact) mass is 194 g/mol. The lowest BCUT2D eigenvalue weighted by atomic mass is 10.1. The molecule has 1 atom stereocenters. The molecule has 2 rings (SSSR count). The average molecular weight is 194 g/mol. The molecule has 1 aliphatic heterocycles. The molecule has 0 saturated carbocycles. The van der Waals surface area contributed by atoms with Crippen LogP contribution in [0.5, 0.6) is 0 Å². The predicted molar refractivity (Wildman–Crippen MR) is 57.3 cm³/mol. The van der Waals surface area contributed by atoms with Crippen molar-refractivity contribution >= 4 is 5.95 Å². The third-order valence-corrected chi connectivity index (χ3v) is 2.73. The molecule has 1 saturated heterocycles. The third kappa shape index (κ3) is 2.26. The fourth-order valence-corrected chi connectivity index (χ4v) is 1.85. The van der Waals surface area contributed by atoms with Gasteiger partial charge >= 0.3 is 0 Å². The molecule has 0 aromatic carbocycles. The molecule has 0 radical (unpaired) electrons. The van der Waals surface area contributed by atoms with Crippen LogP contribution < -0.4 is 10.6 Å². The maximum atomic E-state index is 4.27. The molecule has 0 spiro atoms. The van der Waals surface area contributed by atoms with Gasteiger partial charge in [0.15, 0.2) is 0 Å². The minimum absolute atomic E-state index is 0.575. The summed E-state index contributed by atoms with van der Waals surface area (Å²) in [5, 5.41) is 6.89. The zero-order chi connectivity index (χ0) is 9.80. The molecule has 78 valence electrons. The molecule has 1 aromatic heterocycles. The Bertz CT molecular complexity index is 273. The van der Waals surface area contributed by atoms with Crippen LogP contribution in [-0.2, 0) is 7.05 Å². The van der Waals surface area contributed by atoms with Crippen LogP contribution in [-0.4, -0.2) is 28.7 Å². The quantitative estimate of drug-likeness (QED) is 0.737. The first kappa shape index (κ1) is 9.52. The van der Waals surface area contributed by atoms with E-state index in [9.17, 15) is 0 Å². The molecule has 2 N–H and O–H groups in total. The van der Waals surface area contributed by atoms with E-state index in [4.69, 9.17) is 0 Å². The Kier molecular flexibility index (Phi) is 3.03. The molecule has 0 aliphatic carbocycles. The van der Waals surface area contributed by atoms with Crippen LogP contribution in [0.3, 0.4) is 0 Å². The van der Waals surface area contributed by atoms with Gasteiger partial charge in [-0.3, -0.25) is 0 Å². The highest BCUT2D eigenvalue weighted by Gasteiger charge is 2.12. The molecule has 14 heavy (non-hydrogen) atoms. The van der Waals surface area contributed by atoms with E-state index in [0.29, 0.717) is 6.04 Å². The molecular formula is C10H18N4. The highest BCUT2D eigenvalue weighted by molar-refractivity contribution is 5.27. The van der Waals surface area contributed by atoms with Gasteiger partial charge in [0.25, 0.3) is 0 Å². The summed E-state index contributed by atoms with van der Waals surface area (Å²) >= 11 is 0. The summed E-state index contributed by atoms with van der Waals surface area (Å²) in [6, 6.07) is 0.575. The van der Waals surface area contributed by atoms with E-state index in [2.05, 4.69) is 15.6 Å². The molecule has 1 unspecified atom stereocenters.